The summed E-state index contributed by atoms with van der Waals surface area (Å²) >= 11 is 6.03. The van der Waals surface area contributed by atoms with Crippen LogP contribution in [-0.4, -0.2) is 47.9 Å². The van der Waals surface area contributed by atoms with E-state index in [9.17, 15) is 22.4 Å². The smallest absolute Gasteiger partial charge is 0.354 e. The molecule has 2 aromatic rings. The lowest BCUT2D eigenvalue weighted by Gasteiger charge is -2.43. The van der Waals surface area contributed by atoms with Gasteiger partial charge in [0.05, 0.1) is 22.2 Å². The van der Waals surface area contributed by atoms with Crippen LogP contribution in [-0.2, 0) is 6.18 Å². The van der Waals surface area contributed by atoms with Crippen LogP contribution in [0, 0.1) is 11.7 Å². The normalized spacial score (nSPS) is 19.5. The van der Waals surface area contributed by atoms with Crippen LogP contribution in [0.2, 0.25) is 5.02 Å². The van der Waals surface area contributed by atoms with Gasteiger partial charge in [-0.15, -0.1) is 5.10 Å². The van der Waals surface area contributed by atoms with Crippen molar-refractivity contribution in [3.05, 3.63) is 70.0 Å². The molecule has 1 heterocycles. The minimum absolute atomic E-state index is 0.219. The minimum atomic E-state index is -4.68. The van der Waals surface area contributed by atoms with Gasteiger partial charge in [0.1, 0.15) is 11.7 Å². The number of carbonyl (C=O) groups excluding carboxylic acids is 1. The maximum Gasteiger partial charge on any atom is 0.417 e. The summed E-state index contributed by atoms with van der Waals surface area (Å²) in [5.74, 6) is -0.000946. The van der Waals surface area contributed by atoms with Gasteiger partial charge in [0.25, 0.3) is 5.91 Å². The summed E-state index contributed by atoms with van der Waals surface area (Å²) in [6.07, 6.45) is -2.72. The molecule has 2 fully saturated rings. The number of halogens is 5. The number of alkyl halides is 3. The number of amidine groups is 1. The molecule has 1 amide bonds. The quantitative estimate of drug-likeness (QED) is 0.254. The molecule has 0 bridgehead atoms. The highest BCUT2D eigenvalue weighted by Gasteiger charge is 2.40. The zero-order valence-corrected chi connectivity index (χ0v) is 18.3. The maximum atomic E-state index is 13.5. The molecule has 1 atom stereocenters. The fourth-order valence-corrected chi connectivity index (χ4v) is 4.41. The highest BCUT2D eigenvalue weighted by Crippen LogP contribution is 2.38. The Bertz CT molecular complexity index is 1080. The molecule has 33 heavy (non-hydrogen) atoms. The summed E-state index contributed by atoms with van der Waals surface area (Å²) in [5, 5.41) is 7.22. The first-order valence-corrected chi connectivity index (χ1v) is 10.8. The monoisotopic (exact) mass is 480 g/mol. The predicted octanol–water partition coefficient (Wildman–Crippen LogP) is 5.42. The summed E-state index contributed by atoms with van der Waals surface area (Å²) in [6.45, 7) is 4.41. The van der Waals surface area contributed by atoms with E-state index in [1.54, 1.807) is 12.1 Å². The molecule has 1 unspecified atom stereocenters. The Morgan fingerprint density at radius 1 is 1.09 bits per heavy atom. The first-order chi connectivity index (χ1) is 15.7. The summed E-state index contributed by atoms with van der Waals surface area (Å²) in [5.41, 5.74) is -0.637. The molecule has 0 N–H and O–H groups in total. The fraction of sp³-hybridized carbons (Fsp3) is 0.348. The van der Waals surface area contributed by atoms with Gasteiger partial charge in [-0.1, -0.05) is 29.8 Å². The molecule has 1 saturated carbocycles. The highest BCUT2D eigenvalue weighted by atomic mass is 35.5. The second-order valence-electron chi connectivity index (χ2n) is 8.05. The largest absolute Gasteiger partial charge is 0.417 e. The van der Waals surface area contributed by atoms with Gasteiger partial charge in [0.15, 0.2) is 0 Å². The van der Waals surface area contributed by atoms with Gasteiger partial charge in [-0.25, -0.2) is 4.39 Å². The van der Waals surface area contributed by atoms with E-state index in [4.69, 9.17) is 11.6 Å². The zero-order chi connectivity index (χ0) is 23.8. The van der Waals surface area contributed by atoms with E-state index < -0.39 is 34.5 Å². The number of nitrogens with zero attached hydrogens (tertiary/aromatic N) is 4. The van der Waals surface area contributed by atoms with Crippen molar-refractivity contribution in [3.8, 4) is 0 Å². The van der Waals surface area contributed by atoms with Crippen LogP contribution in [0.25, 0.3) is 0 Å². The van der Waals surface area contributed by atoms with Crippen molar-refractivity contribution in [3.63, 3.8) is 0 Å². The third-order valence-corrected chi connectivity index (χ3v) is 6.28. The van der Waals surface area contributed by atoms with Gasteiger partial charge in [0, 0.05) is 32.3 Å². The molecule has 0 spiro atoms. The van der Waals surface area contributed by atoms with Crippen LogP contribution in [0.15, 0.2) is 52.7 Å². The molecular weight excluding hydrogens is 460 g/mol. The Kier molecular flexibility index (Phi) is 6.43. The van der Waals surface area contributed by atoms with Gasteiger partial charge >= 0.3 is 6.18 Å². The van der Waals surface area contributed by atoms with Gasteiger partial charge in [0.2, 0.25) is 0 Å². The minimum Gasteiger partial charge on any atom is -0.354 e. The fourth-order valence-electron chi connectivity index (χ4n) is 4.09. The summed E-state index contributed by atoms with van der Waals surface area (Å²) < 4.78 is 53.5. The average Bonchev–Trinajstić information content (AvgIpc) is 3.62. The number of carbonyl (C=O) groups is 1. The average molecular weight is 481 g/mol. The molecule has 5 nitrogen and oxygen atoms in total. The maximum absolute atomic E-state index is 13.5. The summed E-state index contributed by atoms with van der Waals surface area (Å²) in [7, 11) is 0. The van der Waals surface area contributed by atoms with Crippen molar-refractivity contribution in [2.75, 3.05) is 19.6 Å². The molecule has 2 aliphatic rings. The molecule has 174 valence electrons. The molecule has 1 aliphatic heterocycles. The van der Waals surface area contributed by atoms with Crippen molar-refractivity contribution in [2.45, 2.75) is 25.1 Å². The van der Waals surface area contributed by atoms with Crippen LogP contribution in [0.4, 0.5) is 17.6 Å². The Labute approximate surface area is 193 Å². The third-order valence-electron chi connectivity index (χ3n) is 5.87. The van der Waals surface area contributed by atoms with E-state index in [1.165, 1.54) is 29.2 Å². The van der Waals surface area contributed by atoms with Crippen molar-refractivity contribution >= 4 is 30.1 Å². The molecular formula is C23H21ClF4N4O. The lowest BCUT2D eigenvalue weighted by Crippen LogP contribution is -2.52. The number of rotatable bonds is 4. The molecule has 1 saturated heterocycles. The summed E-state index contributed by atoms with van der Waals surface area (Å²) in [4.78, 5) is 16.9. The lowest BCUT2D eigenvalue weighted by molar-refractivity contribution is -0.137. The molecule has 1 aliphatic carbocycles. The Morgan fingerprint density at radius 2 is 1.79 bits per heavy atom. The number of benzene rings is 2. The number of hydrogen-bond donors (Lipinski definition) is 0. The van der Waals surface area contributed by atoms with Gasteiger partial charge in [-0.3, -0.25) is 4.79 Å². The van der Waals surface area contributed by atoms with E-state index in [0.717, 1.165) is 24.7 Å². The van der Waals surface area contributed by atoms with E-state index in [0.29, 0.717) is 18.7 Å². The van der Waals surface area contributed by atoms with Crippen molar-refractivity contribution < 1.29 is 22.4 Å². The Hall–Kier alpha value is -2.94. The first kappa shape index (κ1) is 23.2. The Balaban J connectivity index is 1.69. The van der Waals surface area contributed by atoms with Gasteiger partial charge in [-0.05, 0) is 42.7 Å². The third kappa shape index (κ3) is 4.88. The standard InChI is InChI=1S/C23H21ClF4N4O/c1-29-30-21(15-5-6-15)31-11-12-32(19(13-31)14-7-9-16(25)10-8-14)22(33)17-3-2-4-18(20(17)24)23(26,27)28/h2-4,7-10,15,19H,1,5-6,11-13H2/b30-21-. The van der Waals surface area contributed by atoms with Crippen LogP contribution in [0.1, 0.15) is 40.4 Å². The van der Waals surface area contributed by atoms with E-state index in [1.807, 2.05) is 4.90 Å². The predicted molar refractivity (Wildman–Crippen MR) is 118 cm³/mol. The van der Waals surface area contributed by atoms with Crippen molar-refractivity contribution in [1.82, 2.24) is 9.80 Å². The zero-order valence-electron chi connectivity index (χ0n) is 17.5. The van der Waals surface area contributed by atoms with Crippen molar-refractivity contribution in [2.24, 2.45) is 16.1 Å². The SMILES string of the molecule is C=N/N=C(/C1CC1)N1CCN(C(=O)c2cccc(C(F)(F)F)c2Cl)C(c2ccc(F)cc2)C1. The van der Waals surface area contributed by atoms with Crippen LogP contribution >= 0.6 is 11.6 Å². The molecule has 4 rings (SSSR count). The van der Waals surface area contributed by atoms with E-state index in [-0.39, 0.29) is 18.0 Å². The number of piperazine rings is 1. The highest BCUT2D eigenvalue weighted by molar-refractivity contribution is 6.34. The topological polar surface area (TPSA) is 48.3 Å². The second-order valence-corrected chi connectivity index (χ2v) is 8.43. The first-order valence-electron chi connectivity index (χ1n) is 10.4. The van der Waals surface area contributed by atoms with Crippen LogP contribution in [0.5, 0.6) is 0 Å². The van der Waals surface area contributed by atoms with E-state index in [2.05, 4.69) is 16.9 Å². The molecule has 0 radical (unpaired) electrons. The lowest BCUT2D eigenvalue weighted by atomic mass is 9.99. The molecule has 2 aromatic carbocycles. The molecule has 0 aromatic heterocycles. The van der Waals surface area contributed by atoms with Gasteiger partial charge < -0.3 is 9.80 Å². The summed E-state index contributed by atoms with van der Waals surface area (Å²) in [6, 6.07) is 8.45. The number of amides is 1. The van der Waals surface area contributed by atoms with Crippen LogP contribution in [0.3, 0.4) is 0 Å². The molecule has 10 heteroatoms. The van der Waals surface area contributed by atoms with E-state index >= 15 is 0 Å². The van der Waals surface area contributed by atoms with Crippen molar-refractivity contribution in [1.29, 1.82) is 0 Å². The number of hydrogen-bond acceptors (Lipinski definition) is 3. The van der Waals surface area contributed by atoms with Crippen LogP contribution < -0.4 is 0 Å². The van der Waals surface area contributed by atoms with Gasteiger partial charge in [-0.2, -0.15) is 18.3 Å². The second kappa shape index (κ2) is 9.13. The Morgan fingerprint density at radius 3 is 2.39 bits per heavy atom.